The van der Waals surface area contributed by atoms with E-state index in [1.807, 2.05) is 30.3 Å². The van der Waals surface area contributed by atoms with E-state index in [2.05, 4.69) is 15.5 Å². The molecule has 1 aromatic heterocycles. The Kier molecular flexibility index (Phi) is 6.11. The van der Waals surface area contributed by atoms with Crippen molar-refractivity contribution in [2.45, 2.75) is 31.2 Å². The van der Waals surface area contributed by atoms with Gasteiger partial charge in [0.25, 0.3) is 5.91 Å². The van der Waals surface area contributed by atoms with Gasteiger partial charge in [-0.25, -0.2) is 4.98 Å². The number of amides is 1. The first-order chi connectivity index (χ1) is 13.6. The number of carbonyl (C=O) groups excluding carboxylic acids is 1. The third kappa shape index (κ3) is 4.59. The highest BCUT2D eigenvalue weighted by Crippen LogP contribution is 2.37. The minimum absolute atomic E-state index is 0.113. The average molecular weight is 380 g/mol. The van der Waals surface area contributed by atoms with Crippen molar-refractivity contribution in [2.24, 2.45) is 5.16 Å². The average Bonchev–Trinajstić information content (AvgIpc) is 2.73. The van der Waals surface area contributed by atoms with Crippen LogP contribution in [0.15, 0.2) is 71.5 Å². The minimum atomic E-state index is -0.903. The molecule has 0 aliphatic heterocycles. The van der Waals surface area contributed by atoms with E-state index in [1.165, 1.54) is 12.3 Å². The molecule has 1 aliphatic carbocycles. The van der Waals surface area contributed by atoms with Gasteiger partial charge in [0, 0.05) is 23.1 Å². The normalized spacial score (nSPS) is 21.3. The van der Waals surface area contributed by atoms with Gasteiger partial charge < -0.3 is 10.5 Å². The van der Waals surface area contributed by atoms with Crippen LogP contribution < -0.4 is 5.32 Å². The number of pyridine rings is 1. The molecule has 1 amide bonds. The van der Waals surface area contributed by atoms with Gasteiger partial charge in [-0.2, -0.15) is 0 Å². The van der Waals surface area contributed by atoms with Crippen molar-refractivity contribution < 1.29 is 14.9 Å². The lowest BCUT2D eigenvalue weighted by Crippen LogP contribution is -2.30. The molecule has 1 fully saturated rings. The molecular weight excluding hydrogens is 360 g/mol. The molecule has 1 saturated carbocycles. The standard InChI is InChI=1S/C20H20N4O4/c25-20(22-19-8-4-5-11-21-19)17(23-26)13-16-12-15(9-10-18(16)24(27)28)14-6-2-1-3-7-14/h1-8,11,13,15,18,26H,9-10,12H2,(H,21,22,25)/b16-13+,23-17+. The molecular formula is C20H20N4O4. The van der Waals surface area contributed by atoms with E-state index in [0.717, 1.165) is 5.56 Å². The first-order valence-electron chi connectivity index (χ1n) is 8.92. The van der Waals surface area contributed by atoms with Crippen molar-refractivity contribution >= 4 is 17.4 Å². The second-order valence-electron chi connectivity index (χ2n) is 6.56. The van der Waals surface area contributed by atoms with Crippen LogP contribution in [0.4, 0.5) is 5.82 Å². The molecule has 2 unspecified atom stereocenters. The maximum Gasteiger partial charge on any atom is 0.278 e. The monoisotopic (exact) mass is 380 g/mol. The third-order valence-electron chi connectivity index (χ3n) is 4.79. The van der Waals surface area contributed by atoms with E-state index >= 15 is 0 Å². The van der Waals surface area contributed by atoms with Crippen molar-refractivity contribution in [1.82, 2.24) is 4.98 Å². The summed E-state index contributed by atoms with van der Waals surface area (Å²) in [5.74, 6) is -0.274. The summed E-state index contributed by atoms with van der Waals surface area (Å²) in [6.45, 7) is 0. The van der Waals surface area contributed by atoms with Crippen LogP contribution in [0.3, 0.4) is 0 Å². The number of hydrogen-bond donors (Lipinski definition) is 2. The minimum Gasteiger partial charge on any atom is -0.410 e. The van der Waals surface area contributed by atoms with E-state index < -0.39 is 11.9 Å². The molecule has 3 rings (SSSR count). The summed E-state index contributed by atoms with van der Waals surface area (Å²) in [6, 6.07) is 13.8. The van der Waals surface area contributed by atoms with Crippen molar-refractivity contribution in [1.29, 1.82) is 0 Å². The number of nitrogens with one attached hydrogen (secondary N) is 1. The van der Waals surface area contributed by atoms with Crippen molar-refractivity contribution in [3.05, 3.63) is 82.1 Å². The quantitative estimate of drug-likeness (QED) is 0.357. The largest absolute Gasteiger partial charge is 0.410 e. The molecule has 1 heterocycles. The van der Waals surface area contributed by atoms with Crippen LogP contribution in [0.5, 0.6) is 0 Å². The molecule has 8 heteroatoms. The molecule has 0 spiro atoms. The van der Waals surface area contributed by atoms with Gasteiger partial charge in [0.1, 0.15) is 5.82 Å². The number of aromatic nitrogens is 1. The fourth-order valence-electron chi connectivity index (χ4n) is 3.41. The highest BCUT2D eigenvalue weighted by atomic mass is 16.6. The molecule has 1 aromatic carbocycles. The van der Waals surface area contributed by atoms with Crippen LogP contribution in [0.2, 0.25) is 0 Å². The first kappa shape index (κ1) is 19.2. The Hall–Kier alpha value is -3.55. The van der Waals surface area contributed by atoms with E-state index in [1.54, 1.807) is 18.2 Å². The Balaban J connectivity index is 1.83. The summed E-state index contributed by atoms with van der Waals surface area (Å²) in [6.07, 6.45) is 4.29. The molecule has 2 N–H and O–H groups in total. The molecule has 2 atom stereocenters. The molecule has 28 heavy (non-hydrogen) atoms. The number of nitro groups is 1. The topological polar surface area (TPSA) is 118 Å². The number of nitrogens with zero attached hydrogens (tertiary/aromatic N) is 3. The van der Waals surface area contributed by atoms with Crippen molar-refractivity contribution in [3.63, 3.8) is 0 Å². The highest BCUT2D eigenvalue weighted by molar-refractivity contribution is 6.47. The van der Waals surface area contributed by atoms with Gasteiger partial charge in [-0.1, -0.05) is 41.6 Å². The number of benzene rings is 1. The van der Waals surface area contributed by atoms with E-state index in [-0.39, 0.29) is 16.6 Å². The van der Waals surface area contributed by atoms with Gasteiger partial charge >= 0.3 is 0 Å². The van der Waals surface area contributed by atoms with Crippen molar-refractivity contribution in [2.75, 3.05) is 5.32 Å². The number of carbonyl (C=O) groups is 1. The molecule has 144 valence electrons. The van der Waals surface area contributed by atoms with Gasteiger partial charge in [-0.3, -0.25) is 14.9 Å². The Bertz CT molecular complexity index is 897. The van der Waals surface area contributed by atoms with Gasteiger partial charge in [0.05, 0.1) is 0 Å². The maximum absolute atomic E-state index is 12.4. The molecule has 1 aliphatic rings. The Morgan fingerprint density at radius 3 is 2.61 bits per heavy atom. The van der Waals surface area contributed by atoms with E-state index in [9.17, 15) is 20.1 Å². The number of rotatable bonds is 5. The van der Waals surface area contributed by atoms with Crippen LogP contribution in [0.1, 0.15) is 30.7 Å². The second-order valence-corrected chi connectivity index (χ2v) is 6.56. The SMILES string of the molecule is O=C(Nc1ccccn1)C(/C=C1\CC(c2ccccc2)CCC1[N+](=O)[O-])=N/O. The van der Waals surface area contributed by atoms with Crippen LogP contribution in [0, 0.1) is 10.1 Å². The van der Waals surface area contributed by atoms with Crippen LogP contribution >= 0.6 is 0 Å². The molecule has 2 aromatic rings. The molecule has 0 bridgehead atoms. The maximum atomic E-state index is 12.4. The van der Waals surface area contributed by atoms with E-state index in [4.69, 9.17) is 0 Å². The van der Waals surface area contributed by atoms with E-state index in [0.29, 0.717) is 30.7 Å². The lowest BCUT2D eigenvalue weighted by molar-refractivity contribution is -0.514. The summed E-state index contributed by atoms with van der Waals surface area (Å²) >= 11 is 0. The fourth-order valence-corrected chi connectivity index (χ4v) is 3.41. The Labute approximate surface area is 161 Å². The number of oxime groups is 1. The molecule has 0 radical (unpaired) electrons. The van der Waals surface area contributed by atoms with Gasteiger partial charge in [-0.15, -0.1) is 0 Å². The van der Waals surface area contributed by atoms with Crippen LogP contribution in [-0.2, 0) is 4.79 Å². The summed E-state index contributed by atoms with van der Waals surface area (Å²) in [7, 11) is 0. The molecule has 0 saturated heterocycles. The highest BCUT2D eigenvalue weighted by Gasteiger charge is 2.34. The first-order valence-corrected chi connectivity index (χ1v) is 8.92. The summed E-state index contributed by atoms with van der Waals surface area (Å²) in [4.78, 5) is 27.5. The summed E-state index contributed by atoms with van der Waals surface area (Å²) < 4.78 is 0. The lowest BCUT2D eigenvalue weighted by atomic mass is 9.78. The zero-order chi connectivity index (χ0) is 19.9. The zero-order valence-corrected chi connectivity index (χ0v) is 15.1. The predicted octanol–water partition coefficient (Wildman–Crippen LogP) is 3.39. The van der Waals surface area contributed by atoms with Gasteiger partial charge in [-0.05, 0) is 42.5 Å². The summed E-state index contributed by atoms with van der Waals surface area (Å²) in [5.41, 5.74) is 1.27. The Morgan fingerprint density at radius 1 is 1.21 bits per heavy atom. The van der Waals surface area contributed by atoms with Crippen molar-refractivity contribution in [3.8, 4) is 0 Å². The predicted molar refractivity (Wildman–Crippen MR) is 104 cm³/mol. The fraction of sp³-hybridized carbons (Fsp3) is 0.250. The second kappa shape index (κ2) is 8.90. The smallest absolute Gasteiger partial charge is 0.278 e. The van der Waals surface area contributed by atoms with Crippen LogP contribution in [-0.4, -0.2) is 32.8 Å². The lowest BCUT2D eigenvalue weighted by Gasteiger charge is -2.27. The van der Waals surface area contributed by atoms with Gasteiger partial charge in [0.15, 0.2) is 5.71 Å². The van der Waals surface area contributed by atoms with Gasteiger partial charge in [0.2, 0.25) is 6.04 Å². The Morgan fingerprint density at radius 2 is 1.96 bits per heavy atom. The number of anilines is 1. The number of hydrogen-bond acceptors (Lipinski definition) is 6. The summed E-state index contributed by atoms with van der Waals surface area (Å²) in [5, 5.41) is 26.4. The zero-order valence-electron chi connectivity index (χ0n) is 15.1. The van der Waals surface area contributed by atoms with Crippen LogP contribution in [0.25, 0.3) is 0 Å². The third-order valence-corrected chi connectivity index (χ3v) is 4.79. The molecule has 8 nitrogen and oxygen atoms in total.